The molecule has 1 aromatic heterocycles. The quantitative estimate of drug-likeness (QED) is 0.140. The van der Waals surface area contributed by atoms with E-state index in [-0.39, 0.29) is 27.9 Å². The topological polar surface area (TPSA) is 64.3 Å². The molecule has 0 bridgehead atoms. The number of hydrogen-bond donors (Lipinski definition) is 0. The molecule has 0 aliphatic carbocycles. The van der Waals surface area contributed by atoms with Crippen LogP contribution >= 0.6 is 11.6 Å². The van der Waals surface area contributed by atoms with Gasteiger partial charge < -0.3 is 9.21 Å². The Bertz CT molecular complexity index is 1310. The first-order valence-corrected chi connectivity index (χ1v) is 18.2. The largest absolute Gasteiger partial charge is 0.453 e. The SMILES string of the molecule is C=C(/C=C(\c1oc(C(=O)C(C)C)cc1C)C(C)(C)C)c1ccc(Cl)c(F)c1.CC.CC(=O)C(C)(C)CC=O.CCCC.CCCC(C)(C)C. The number of unbranched alkanes of at least 4 members (excludes halogenated alkanes) is 1. The Kier molecular flexibility index (Phi) is 25.2. The average Bonchev–Trinajstić information content (AvgIpc) is 3.37. The molecular weight excluding hydrogens is 635 g/mol. The summed E-state index contributed by atoms with van der Waals surface area (Å²) in [7, 11) is 0. The van der Waals surface area contributed by atoms with E-state index < -0.39 is 11.2 Å². The number of carbonyl (C=O) groups excluding carboxylic acids is 3. The van der Waals surface area contributed by atoms with Gasteiger partial charge in [0, 0.05) is 23.3 Å². The van der Waals surface area contributed by atoms with Gasteiger partial charge in [-0.25, -0.2) is 4.39 Å². The minimum absolute atomic E-state index is 0.0313. The maximum absolute atomic E-state index is 13.8. The lowest BCUT2D eigenvalue weighted by molar-refractivity contribution is -0.127. The van der Waals surface area contributed by atoms with Crippen molar-refractivity contribution in [1.82, 2.24) is 0 Å². The summed E-state index contributed by atoms with van der Waals surface area (Å²) in [6, 6.07) is 6.39. The van der Waals surface area contributed by atoms with Gasteiger partial charge in [0.2, 0.25) is 5.78 Å². The van der Waals surface area contributed by atoms with Crippen molar-refractivity contribution in [1.29, 1.82) is 0 Å². The molecule has 2 aromatic rings. The Morgan fingerprint density at radius 1 is 0.939 bits per heavy atom. The van der Waals surface area contributed by atoms with Gasteiger partial charge in [-0.15, -0.1) is 0 Å². The molecule has 0 saturated heterocycles. The number of rotatable bonds is 10. The highest BCUT2D eigenvalue weighted by Crippen LogP contribution is 2.39. The van der Waals surface area contributed by atoms with Crippen molar-refractivity contribution in [3.05, 3.63) is 70.4 Å². The number of halogens is 2. The normalized spacial score (nSPS) is 11.4. The van der Waals surface area contributed by atoms with Crippen LogP contribution in [0.25, 0.3) is 11.1 Å². The van der Waals surface area contributed by atoms with E-state index in [1.54, 1.807) is 26.0 Å². The van der Waals surface area contributed by atoms with Crippen LogP contribution in [-0.4, -0.2) is 17.9 Å². The molecule has 0 saturated carbocycles. The number of hydrogen-bond acceptors (Lipinski definition) is 4. The molecule has 1 aromatic carbocycles. The van der Waals surface area contributed by atoms with Crippen LogP contribution in [0.4, 0.5) is 4.39 Å². The van der Waals surface area contributed by atoms with Crippen molar-refractivity contribution in [2.24, 2.45) is 22.2 Å². The van der Waals surface area contributed by atoms with E-state index >= 15 is 0 Å². The fourth-order valence-corrected chi connectivity index (χ4v) is 3.95. The Hall–Kier alpha value is -2.79. The van der Waals surface area contributed by atoms with Crippen molar-refractivity contribution in [2.45, 2.75) is 150 Å². The van der Waals surface area contributed by atoms with Gasteiger partial charge in [0.25, 0.3) is 0 Å². The maximum Gasteiger partial charge on any atom is 0.200 e. The number of carbonyl (C=O) groups is 3. The van der Waals surface area contributed by atoms with Crippen LogP contribution in [0.15, 0.2) is 41.3 Å². The van der Waals surface area contributed by atoms with Crippen molar-refractivity contribution in [2.75, 3.05) is 0 Å². The van der Waals surface area contributed by atoms with Gasteiger partial charge in [0.05, 0.1) is 5.02 Å². The number of ketones is 2. The zero-order chi connectivity index (χ0) is 39.3. The van der Waals surface area contributed by atoms with Crippen LogP contribution in [0.5, 0.6) is 0 Å². The van der Waals surface area contributed by atoms with Crippen LogP contribution in [0.3, 0.4) is 0 Å². The highest BCUT2D eigenvalue weighted by atomic mass is 35.5. The smallest absolute Gasteiger partial charge is 0.200 e. The van der Waals surface area contributed by atoms with Crippen molar-refractivity contribution >= 4 is 40.6 Å². The number of aldehydes is 1. The second kappa shape index (κ2) is 24.4. The molecule has 0 amide bonds. The molecule has 0 spiro atoms. The van der Waals surface area contributed by atoms with Gasteiger partial charge >= 0.3 is 0 Å². The third-order valence-corrected chi connectivity index (χ3v) is 7.70. The summed E-state index contributed by atoms with van der Waals surface area (Å²) in [4.78, 5) is 33.0. The minimum atomic E-state index is -0.486. The minimum Gasteiger partial charge on any atom is -0.453 e. The highest BCUT2D eigenvalue weighted by molar-refractivity contribution is 6.30. The summed E-state index contributed by atoms with van der Waals surface area (Å²) in [6.07, 6.45) is 8.28. The molecule has 0 atom stereocenters. The molecule has 0 radical (unpaired) electrons. The van der Waals surface area contributed by atoms with Crippen LogP contribution in [0.2, 0.25) is 5.02 Å². The van der Waals surface area contributed by atoms with Gasteiger partial charge in [-0.3, -0.25) is 9.59 Å². The molecular formula is C43H70ClFO4. The summed E-state index contributed by atoms with van der Waals surface area (Å²) in [6.45, 7) is 38.3. The molecule has 0 aliphatic rings. The third kappa shape index (κ3) is 21.1. The second-order valence-corrected chi connectivity index (χ2v) is 15.6. The number of furan rings is 1. The molecule has 2 rings (SSSR count). The summed E-state index contributed by atoms with van der Waals surface area (Å²) in [5, 5.41) is 0.0743. The van der Waals surface area contributed by atoms with Gasteiger partial charge in [0.15, 0.2) is 5.76 Å². The number of benzene rings is 1. The molecule has 49 heavy (non-hydrogen) atoms. The molecule has 0 aliphatic heterocycles. The van der Waals surface area contributed by atoms with E-state index in [2.05, 4.69) is 68.9 Å². The number of allylic oxidation sites excluding steroid dienone is 3. The lowest BCUT2D eigenvalue weighted by atomic mass is 9.82. The van der Waals surface area contributed by atoms with Gasteiger partial charge in [0.1, 0.15) is 23.6 Å². The van der Waals surface area contributed by atoms with E-state index in [1.165, 1.54) is 44.7 Å². The first kappa shape index (κ1) is 50.6. The van der Waals surface area contributed by atoms with Crippen LogP contribution in [-0.2, 0) is 9.59 Å². The van der Waals surface area contributed by atoms with E-state index in [9.17, 15) is 18.8 Å². The molecule has 0 fully saturated rings. The number of aryl methyl sites for hydroxylation is 1. The van der Waals surface area contributed by atoms with Crippen LogP contribution in [0, 0.1) is 34.9 Å². The third-order valence-electron chi connectivity index (χ3n) is 7.39. The molecule has 6 heteroatoms. The van der Waals surface area contributed by atoms with E-state index in [1.807, 2.05) is 40.7 Å². The maximum atomic E-state index is 13.8. The van der Waals surface area contributed by atoms with Gasteiger partial charge in [-0.05, 0) is 72.1 Å². The van der Waals surface area contributed by atoms with E-state index in [0.717, 1.165) is 17.4 Å². The Labute approximate surface area is 305 Å². The fourth-order valence-electron chi connectivity index (χ4n) is 3.83. The van der Waals surface area contributed by atoms with E-state index in [0.29, 0.717) is 34.5 Å². The molecule has 4 nitrogen and oxygen atoms in total. The van der Waals surface area contributed by atoms with Crippen molar-refractivity contribution in [3.63, 3.8) is 0 Å². The van der Waals surface area contributed by atoms with E-state index in [4.69, 9.17) is 16.0 Å². The molecule has 280 valence electrons. The van der Waals surface area contributed by atoms with Crippen LogP contribution in [0.1, 0.15) is 170 Å². The van der Waals surface area contributed by atoms with Crippen molar-refractivity contribution < 1.29 is 23.2 Å². The monoisotopic (exact) mass is 704 g/mol. The summed E-state index contributed by atoms with van der Waals surface area (Å²) in [5.41, 5.74) is 2.88. The lowest BCUT2D eigenvalue weighted by Gasteiger charge is -2.23. The predicted octanol–water partition coefficient (Wildman–Crippen LogP) is 14.2. The summed E-state index contributed by atoms with van der Waals surface area (Å²) < 4.78 is 19.8. The van der Waals surface area contributed by atoms with Crippen LogP contribution < -0.4 is 0 Å². The first-order valence-electron chi connectivity index (χ1n) is 17.9. The highest BCUT2D eigenvalue weighted by Gasteiger charge is 2.26. The fraction of sp³-hybridized carbons (Fsp3) is 0.605. The predicted molar refractivity (Wildman–Crippen MR) is 212 cm³/mol. The Morgan fingerprint density at radius 2 is 1.45 bits per heavy atom. The molecule has 0 N–H and O–H groups in total. The van der Waals surface area contributed by atoms with Gasteiger partial charge in [-0.2, -0.15) is 0 Å². The summed E-state index contributed by atoms with van der Waals surface area (Å²) >= 11 is 5.77. The number of Topliss-reactive ketones (excluding diaryl/α,β-unsaturated/α-hetero) is 2. The standard InChI is InChI=1S/C23H26ClFO2.C7H12O2.C7H16.C4H10.C2H6/c1-13(2)21(26)20-11-15(4)22(27-20)17(23(5,6)7)10-14(3)16-8-9-18(24)19(25)12-16;1-6(9)7(2,3)4-5-8;1-5-6-7(2,3)4;1-3-4-2;1-2/h8-13H,3H2,1-2,4-7H3;5H,4H2,1-3H3;5-6H2,1-4H3;3-4H2,1-2H3;1-2H3/b17-10+;;;;. The average molecular weight is 705 g/mol. The van der Waals surface area contributed by atoms with Gasteiger partial charge in [-0.1, -0.05) is 147 Å². The Balaban J connectivity index is -0.000000784. The zero-order valence-electron chi connectivity index (χ0n) is 34.2. The van der Waals surface area contributed by atoms with Crippen molar-refractivity contribution in [3.8, 4) is 0 Å². The lowest BCUT2D eigenvalue weighted by Crippen LogP contribution is -2.21. The molecule has 1 heterocycles. The molecule has 0 unspecified atom stereocenters. The summed E-state index contributed by atoms with van der Waals surface area (Å²) in [5.74, 6) is 0.418. The zero-order valence-corrected chi connectivity index (χ0v) is 34.9. The Morgan fingerprint density at radius 3 is 1.76 bits per heavy atom. The second-order valence-electron chi connectivity index (χ2n) is 15.2. The first-order chi connectivity index (χ1) is 22.4.